The molecule has 2 fully saturated rings. The zero-order valence-electron chi connectivity index (χ0n) is 10.6. The number of hydrogen-bond donors (Lipinski definition) is 2. The molecule has 0 radical (unpaired) electrons. The van der Waals surface area contributed by atoms with Crippen LogP contribution in [0.1, 0.15) is 36.0 Å². The number of anilines is 1. The predicted molar refractivity (Wildman–Crippen MR) is 71.0 cm³/mol. The van der Waals surface area contributed by atoms with Crippen LogP contribution in [-0.4, -0.2) is 17.0 Å². The molecule has 1 aromatic rings. The second kappa shape index (κ2) is 4.68. The van der Waals surface area contributed by atoms with E-state index in [1.165, 1.54) is 37.8 Å². The maximum absolute atomic E-state index is 12.3. The van der Waals surface area contributed by atoms with Gasteiger partial charge in [-0.25, -0.2) is 4.79 Å². The molecule has 100 valence electrons. The molecule has 0 bridgehead atoms. The van der Waals surface area contributed by atoms with Gasteiger partial charge in [0.15, 0.2) is 0 Å². The Morgan fingerprint density at radius 1 is 1.05 bits per heavy atom. The van der Waals surface area contributed by atoms with Crippen LogP contribution in [0, 0.1) is 17.8 Å². The Labute approximate surface area is 111 Å². The number of carbonyl (C=O) groups excluding carboxylic acids is 1. The summed E-state index contributed by atoms with van der Waals surface area (Å²) in [5, 5.41) is 11.7. The summed E-state index contributed by atoms with van der Waals surface area (Å²) in [5.41, 5.74) is 0.917. The van der Waals surface area contributed by atoms with Gasteiger partial charge in [-0.05, 0) is 61.8 Å². The Kier molecular flexibility index (Phi) is 3.01. The minimum Gasteiger partial charge on any atom is -0.478 e. The van der Waals surface area contributed by atoms with E-state index in [1.807, 2.05) is 0 Å². The molecule has 0 aliphatic heterocycles. The van der Waals surface area contributed by atoms with Crippen LogP contribution in [0.3, 0.4) is 0 Å². The summed E-state index contributed by atoms with van der Waals surface area (Å²) in [4.78, 5) is 23.0. The van der Waals surface area contributed by atoms with Crippen molar-refractivity contribution in [1.82, 2.24) is 0 Å². The zero-order valence-corrected chi connectivity index (χ0v) is 10.6. The molecular weight excluding hydrogens is 242 g/mol. The Bertz CT molecular complexity index is 489. The van der Waals surface area contributed by atoms with E-state index >= 15 is 0 Å². The maximum Gasteiger partial charge on any atom is 0.335 e. The summed E-state index contributed by atoms with van der Waals surface area (Å²) in [5.74, 6) is 0.468. The first kappa shape index (κ1) is 12.2. The van der Waals surface area contributed by atoms with Crippen molar-refractivity contribution in [2.45, 2.75) is 25.7 Å². The van der Waals surface area contributed by atoms with Crippen LogP contribution in [0.4, 0.5) is 5.69 Å². The maximum atomic E-state index is 12.3. The van der Waals surface area contributed by atoms with Gasteiger partial charge in [-0.3, -0.25) is 4.79 Å². The highest BCUT2D eigenvalue weighted by atomic mass is 16.4. The van der Waals surface area contributed by atoms with Gasteiger partial charge in [0.25, 0.3) is 0 Å². The molecule has 1 aromatic carbocycles. The normalized spacial score (nSPS) is 18.4. The van der Waals surface area contributed by atoms with Gasteiger partial charge in [0.2, 0.25) is 5.91 Å². The quantitative estimate of drug-likeness (QED) is 0.854. The number of nitrogens with one attached hydrogen (secondary N) is 1. The van der Waals surface area contributed by atoms with Gasteiger partial charge >= 0.3 is 5.97 Å². The highest BCUT2D eigenvalue weighted by Crippen LogP contribution is 2.49. The standard InChI is InChI=1S/C15H17NO3/c17-14(13(9-1-2-9)10-3-4-10)16-12-7-5-11(6-8-12)15(18)19/h5-10,13H,1-4H2,(H,16,17)(H,18,19). The molecule has 2 aliphatic rings. The van der Waals surface area contributed by atoms with Crippen molar-refractivity contribution < 1.29 is 14.7 Å². The lowest BCUT2D eigenvalue weighted by molar-refractivity contribution is -0.121. The molecule has 4 nitrogen and oxygen atoms in total. The number of aromatic carboxylic acids is 1. The number of benzene rings is 1. The summed E-state index contributed by atoms with van der Waals surface area (Å²) >= 11 is 0. The van der Waals surface area contributed by atoms with Crippen molar-refractivity contribution in [3.05, 3.63) is 29.8 Å². The molecule has 4 heteroatoms. The lowest BCUT2D eigenvalue weighted by Crippen LogP contribution is -2.26. The number of hydrogen-bond acceptors (Lipinski definition) is 2. The number of carbonyl (C=O) groups is 2. The van der Waals surface area contributed by atoms with Crippen LogP contribution in [0.25, 0.3) is 0 Å². The van der Waals surface area contributed by atoms with Crippen LogP contribution in [0.2, 0.25) is 0 Å². The largest absolute Gasteiger partial charge is 0.478 e. The van der Waals surface area contributed by atoms with Crippen molar-refractivity contribution in [2.24, 2.45) is 17.8 Å². The number of rotatable bonds is 5. The fourth-order valence-electron chi connectivity index (χ4n) is 2.65. The van der Waals surface area contributed by atoms with Crippen molar-refractivity contribution in [3.63, 3.8) is 0 Å². The lowest BCUT2D eigenvalue weighted by Gasteiger charge is -2.15. The third-order valence-corrected chi connectivity index (χ3v) is 3.96. The summed E-state index contributed by atoms with van der Waals surface area (Å²) in [6.07, 6.45) is 4.69. The van der Waals surface area contributed by atoms with Crippen molar-refractivity contribution >= 4 is 17.6 Å². The number of amides is 1. The van der Waals surface area contributed by atoms with E-state index in [0.29, 0.717) is 17.5 Å². The number of carboxylic acids is 1. The second-order valence-corrected chi connectivity index (χ2v) is 5.57. The van der Waals surface area contributed by atoms with E-state index in [0.717, 1.165) is 0 Å². The summed E-state index contributed by atoms with van der Waals surface area (Å²) in [6, 6.07) is 6.33. The van der Waals surface area contributed by atoms with Gasteiger partial charge in [0.05, 0.1) is 5.56 Å². The topological polar surface area (TPSA) is 66.4 Å². The van der Waals surface area contributed by atoms with E-state index < -0.39 is 5.97 Å². The Morgan fingerprint density at radius 3 is 2.00 bits per heavy atom. The molecule has 2 aliphatic carbocycles. The van der Waals surface area contributed by atoms with Crippen molar-refractivity contribution in [1.29, 1.82) is 0 Å². The van der Waals surface area contributed by atoms with Gasteiger partial charge in [0, 0.05) is 11.6 Å². The van der Waals surface area contributed by atoms with E-state index in [-0.39, 0.29) is 17.4 Å². The fraction of sp³-hybridized carbons (Fsp3) is 0.467. The first-order valence-electron chi connectivity index (χ1n) is 6.79. The van der Waals surface area contributed by atoms with Gasteiger partial charge in [-0.1, -0.05) is 0 Å². The minimum atomic E-state index is -0.952. The van der Waals surface area contributed by atoms with Gasteiger partial charge < -0.3 is 10.4 Å². The van der Waals surface area contributed by atoms with E-state index in [2.05, 4.69) is 5.32 Å². The molecule has 0 heterocycles. The molecule has 0 atom stereocenters. The Balaban J connectivity index is 1.66. The zero-order chi connectivity index (χ0) is 13.4. The van der Waals surface area contributed by atoms with E-state index in [1.54, 1.807) is 12.1 Å². The molecule has 1 amide bonds. The molecule has 0 aromatic heterocycles. The minimum absolute atomic E-state index is 0.105. The van der Waals surface area contributed by atoms with Crippen LogP contribution >= 0.6 is 0 Å². The smallest absolute Gasteiger partial charge is 0.335 e. The molecule has 0 saturated heterocycles. The molecule has 2 saturated carbocycles. The predicted octanol–water partition coefficient (Wildman–Crippen LogP) is 2.76. The van der Waals surface area contributed by atoms with Crippen LogP contribution in [-0.2, 0) is 4.79 Å². The van der Waals surface area contributed by atoms with Crippen LogP contribution in [0.5, 0.6) is 0 Å². The lowest BCUT2D eigenvalue weighted by atomic mass is 9.97. The SMILES string of the molecule is O=C(O)c1ccc(NC(=O)C(C2CC2)C2CC2)cc1. The highest BCUT2D eigenvalue weighted by molar-refractivity contribution is 5.94. The van der Waals surface area contributed by atoms with E-state index in [4.69, 9.17) is 5.11 Å². The second-order valence-electron chi connectivity index (χ2n) is 5.57. The first-order chi connectivity index (χ1) is 9.15. The molecule has 0 spiro atoms. The number of carboxylic acid groups (broad SMARTS) is 1. The average molecular weight is 259 g/mol. The molecule has 19 heavy (non-hydrogen) atoms. The monoisotopic (exact) mass is 259 g/mol. The van der Waals surface area contributed by atoms with Gasteiger partial charge in [0.1, 0.15) is 0 Å². The van der Waals surface area contributed by atoms with Gasteiger partial charge in [-0.2, -0.15) is 0 Å². The fourth-order valence-corrected chi connectivity index (χ4v) is 2.65. The Morgan fingerprint density at radius 2 is 1.58 bits per heavy atom. The molecule has 2 N–H and O–H groups in total. The van der Waals surface area contributed by atoms with Crippen LogP contribution in [0.15, 0.2) is 24.3 Å². The van der Waals surface area contributed by atoms with Crippen LogP contribution < -0.4 is 5.32 Å². The molecule has 3 rings (SSSR count). The third kappa shape index (κ3) is 2.78. The summed E-state index contributed by atoms with van der Waals surface area (Å²) in [7, 11) is 0. The van der Waals surface area contributed by atoms with E-state index in [9.17, 15) is 9.59 Å². The molecule has 0 unspecified atom stereocenters. The van der Waals surface area contributed by atoms with Gasteiger partial charge in [-0.15, -0.1) is 0 Å². The first-order valence-corrected chi connectivity index (χ1v) is 6.79. The Hall–Kier alpha value is -1.84. The van der Waals surface area contributed by atoms with Crippen molar-refractivity contribution in [2.75, 3.05) is 5.32 Å². The average Bonchev–Trinajstić information content (AvgIpc) is 3.24. The summed E-state index contributed by atoms with van der Waals surface area (Å²) < 4.78 is 0. The third-order valence-electron chi connectivity index (χ3n) is 3.96. The molecular formula is C15H17NO3. The summed E-state index contributed by atoms with van der Waals surface area (Å²) in [6.45, 7) is 0. The highest BCUT2D eigenvalue weighted by Gasteiger charge is 2.45. The van der Waals surface area contributed by atoms with Crippen molar-refractivity contribution in [3.8, 4) is 0 Å².